The third kappa shape index (κ3) is 6.12. The molecule has 0 bridgehead atoms. The minimum absolute atomic E-state index is 0.161. The van der Waals surface area contributed by atoms with Gasteiger partial charge in [-0.1, -0.05) is 12.1 Å². The summed E-state index contributed by atoms with van der Waals surface area (Å²) in [4.78, 5) is 27.5. The predicted molar refractivity (Wildman–Crippen MR) is 114 cm³/mol. The predicted octanol–water partition coefficient (Wildman–Crippen LogP) is 3.98. The van der Waals surface area contributed by atoms with E-state index in [9.17, 15) is 19.1 Å². The Hall–Kier alpha value is -2.25. The van der Waals surface area contributed by atoms with E-state index in [1.807, 2.05) is 11.0 Å². The Kier molecular flexibility index (Phi) is 7.99. The first-order chi connectivity index (χ1) is 14.5. The Bertz CT molecular complexity index is 851. The van der Waals surface area contributed by atoms with E-state index in [0.717, 1.165) is 36.1 Å². The number of halogens is 1. The minimum atomic E-state index is -0.504. The van der Waals surface area contributed by atoms with Gasteiger partial charge in [0, 0.05) is 23.9 Å². The molecule has 0 spiro atoms. The third-order valence-electron chi connectivity index (χ3n) is 5.54. The van der Waals surface area contributed by atoms with E-state index in [1.54, 1.807) is 18.2 Å². The van der Waals surface area contributed by atoms with Crippen LogP contribution in [0.3, 0.4) is 0 Å². The van der Waals surface area contributed by atoms with Crippen molar-refractivity contribution >= 4 is 23.2 Å². The summed E-state index contributed by atoms with van der Waals surface area (Å²) in [5, 5.41) is 10.3. The first-order valence-corrected chi connectivity index (χ1v) is 11.2. The number of carbonyl (C=O) groups excluding carboxylic acids is 2. The largest absolute Gasteiger partial charge is 0.465 e. The number of rotatable bonds is 10. The lowest BCUT2D eigenvalue weighted by atomic mass is 10.0. The average Bonchev–Trinajstić information content (AvgIpc) is 3.35. The third-order valence-corrected chi connectivity index (χ3v) is 6.67. The number of aliphatic hydroxyl groups is 1. The highest BCUT2D eigenvalue weighted by Gasteiger charge is 2.30. The molecule has 1 aromatic carbocycles. The van der Waals surface area contributed by atoms with Gasteiger partial charge in [-0.05, 0) is 68.4 Å². The number of hydrogen-bond donors (Lipinski definition) is 1. The molecule has 0 unspecified atom stereocenters. The molecule has 1 saturated heterocycles. The second kappa shape index (κ2) is 10.7. The van der Waals surface area contributed by atoms with Crippen molar-refractivity contribution in [2.45, 2.75) is 57.1 Å². The lowest BCUT2D eigenvalue weighted by molar-refractivity contribution is -0.129. The SMILES string of the molecule is COC(=O)c1ccc(CCCN2C(=O)CC[C@@H]2CC[C@@H](O)Cc2ccc(F)cc2)s1. The second-order valence-electron chi connectivity index (χ2n) is 7.70. The quantitative estimate of drug-likeness (QED) is 0.576. The Morgan fingerprint density at radius 3 is 2.80 bits per heavy atom. The van der Waals surface area contributed by atoms with Gasteiger partial charge in [0.2, 0.25) is 5.91 Å². The van der Waals surface area contributed by atoms with Gasteiger partial charge >= 0.3 is 5.97 Å². The van der Waals surface area contributed by atoms with Crippen molar-refractivity contribution in [3.8, 4) is 0 Å². The molecule has 2 heterocycles. The number of benzene rings is 1. The molecule has 2 atom stereocenters. The van der Waals surface area contributed by atoms with Crippen molar-refractivity contribution in [3.05, 3.63) is 57.5 Å². The van der Waals surface area contributed by atoms with Crippen LogP contribution >= 0.6 is 11.3 Å². The highest BCUT2D eigenvalue weighted by molar-refractivity contribution is 7.13. The Labute approximate surface area is 180 Å². The molecule has 1 aromatic heterocycles. The van der Waals surface area contributed by atoms with Gasteiger partial charge in [-0.25, -0.2) is 9.18 Å². The van der Waals surface area contributed by atoms with Gasteiger partial charge in [0.1, 0.15) is 10.7 Å². The van der Waals surface area contributed by atoms with Crippen LogP contribution in [0.2, 0.25) is 0 Å². The summed E-state index contributed by atoms with van der Waals surface area (Å²) in [5.41, 5.74) is 0.908. The van der Waals surface area contributed by atoms with Crippen LogP contribution in [0.15, 0.2) is 36.4 Å². The number of methoxy groups -OCH3 is 1. The maximum absolute atomic E-state index is 13.0. The minimum Gasteiger partial charge on any atom is -0.465 e. The van der Waals surface area contributed by atoms with Crippen LogP contribution in [0.4, 0.5) is 4.39 Å². The number of carbonyl (C=O) groups is 2. The monoisotopic (exact) mass is 433 g/mol. The molecule has 5 nitrogen and oxygen atoms in total. The maximum Gasteiger partial charge on any atom is 0.348 e. The molecule has 1 aliphatic rings. The molecule has 0 aliphatic carbocycles. The van der Waals surface area contributed by atoms with Gasteiger partial charge in [0.15, 0.2) is 0 Å². The Balaban J connectivity index is 1.44. The lowest BCUT2D eigenvalue weighted by Gasteiger charge is -2.25. The van der Waals surface area contributed by atoms with Gasteiger partial charge in [-0.15, -0.1) is 11.3 Å². The average molecular weight is 434 g/mol. The standard InChI is InChI=1S/C23H28FNO4S/c1-29-23(28)21-12-11-20(30-21)3-2-14-25-18(9-13-22(25)27)8-10-19(26)15-16-4-6-17(24)7-5-16/h4-7,11-12,18-19,26H,2-3,8-10,13-15H2,1H3/t18-,19+/m0/s1. The van der Waals surface area contributed by atoms with Crippen LogP contribution in [-0.2, 0) is 22.4 Å². The summed E-state index contributed by atoms with van der Waals surface area (Å²) in [6.07, 6.45) is 4.39. The number of aryl methyl sites for hydroxylation is 1. The van der Waals surface area contributed by atoms with Crippen molar-refractivity contribution in [1.29, 1.82) is 0 Å². The zero-order chi connectivity index (χ0) is 21.5. The summed E-state index contributed by atoms with van der Waals surface area (Å²) < 4.78 is 17.7. The van der Waals surface area contributed by atoms with Crippen LogP contribution < -0.4 is 0 Å². The molecule has 0 radical (unpaired) electrons. The lowest BCUT2D eigenvalue weighted by Crippen LogP contribution is -2.34. The van der Waals surface area contributed by atoms with Gasteiger partial charge in [-0.3, -0.25) is 4.79 Å². The van der Waals surface area contributed by atoms with Gasteiger partial charge in [-0.2, -0.15) is 0 Å². The summed E-state index contributed by atoms with van der Waals surface area (Å²) >= 11 is 1.43. The van der Waals surface area contributed by atoms with Crippen molar-refractivity contribution < 1.29 is 23.8 Å². The highest BCUT2D eigenvalue weighted by atomic mass is 32.1. The summed E-state index contributed by atoms with van der Waals surface area (Å²) in [6.45, 7) is 0.684. The van der Waals surface area contributed by atoms with Crippen LogP contribution in [0.25, 0.3) is 0 Å². The van der Waals surface area contributed by atoms with Crippen molar-refractivity contribution in [1.82, 2.24) is 4.90 Å². The molecule has 1 amide bonds. The molecule has 1 fully saturated rings. The number of nitrogens with zero attached hydrogens (tertiary/aromatic N) is 1. The second-order valence-corrected chi connectivity index (χ2v) is 8.87. The van der Waals surface area contributed by atoms with E-state index < -0.39 is 6.10 Å². The first kappa shape index (κ1) is 22.4. The Morgan fingerprint density at radius 2 is 2.07 bits per heavy atom. The summed E-state index contributed by atoms with van der Waals surface area (Å²) in [5.74, 6) is -0.424. The number of ether oxygens (including phenoxy) is 1. The normalized spacial score (nSPS) is 17.4. The molecular formula is C23H28FNO4S. The number of thiophene rings is 1. The van der Waals surface area contributed by atoms with E-state index in [1.165, 1.54) is 30.6 Å². The van der Waals surface area contributed by atoms with Gasteiger partial charge in [0.05, 0.1) is 13.2 Å². The molecule has 1 aliphatic heterocycles. The molecule has 0 saturated carbocycles. The molecule has 7 heteroatoms. The smallest absolute Gasteiger partial charge is 0.348 e. The van der Waals surface area contributed by atoms with Gasteiger partial charge < -0.3 is 14.7 Å². The van der Waals surface area contributed by atoms with E-state index in [2.05, 4.69) is 0 Å². The number of amides is 1. The highest BCUT2D eigenvalue weighted by Crippen LogP contribution is 2.25. The summed E-state index contributed by atoms with van der Waals surface area (Å²) in [6, 6.07) is 10.1. The fourth-order valence-corrected chi connectivity index (χ4v) is 4.89. The fourth-order valence-electron chi connectivity index (χ4n) is 3.93. The zero-order valence-corrected chi connectivity index (χ0v) is 18.0. The molecule has 162 valence electrons. The van der Waals surface area contributed by atoms with Gasteiger partial charge in [0.25, 0.3) is 0 Å². The topological polar surface area (TPSA) is 66.8 Å². The molecule has 1 N–H and O–H groups in total. The van der Waals surface area contributed by atoms with Crippen molar-refractivity contribution in [2.75, 3.05) is 13.7 Å². The number of hydrogen-bond acceptors (Lipinski definition) is 5. The number of likely N-dealkylation sites (tertiary alicyclic amines) is 1. The number of esters is 1. The molecule has 3 rings (SSSR count). The molecule has 2 aromatic rings. The zero-order valence-electron chi connectivity index (χ0n) is 17.2. The fraction of sp³-hybridized carbons (Fsp3) is 0.478. The van der Waals surface area contributed by atoms with Crippen LogP contribution in [0.1, 0.15) is 52.2 Å². The van der Waals surface area contributed by atoms with Crippen molar-refractivity contribution in [2.24, 2.45) is 0 Å². The molecule has 30 heavy (non-hydrogen) atoms. The number of aliphatic hydroxyl groups excluding tert-OH is 1. The van der Waals surface area contributed by atoms with Crippen LogP contribution in [-0.4, -0.2) is 47.7 Å². The van der Waals surface area contributed by atoms with E-state index in [0.29, 0.717) is 30.7 Å². The van der Waals surface area contributed by atoms with E-state index >= 15 is 0 Å². The molecular weight excluding hydrogens is 405 g/mol. The Morgan fingerprint density at radius 1 is 1.30 bits per heavy atom. The first-order valence-electron chi connectivity index (χ1n) is 10.3. The van der Waals surface area contributed by atoms with Crippen LogP contribution in [0.5, 0.6) is 0 Å². The maximum atomic E-state index is 13.0. The van der Waals surface area contributed by atoms with Crippen molar-refractivity contribution in [3.63, 3.8) is 0 Å². The van der Waals surface area contributed by atoms with Crippen LogP contribution in [0, 0.1) is 5.82 Å². The van der Waals surface area contributed by atoms with E-state index in [4.69, 9.17) is 4.74 Å². The summed E-state index contributed by atoms with van der Waals surface area (Å²) in [7, 11) is 1.37. The van der Waals surface area contributed by atoms with E-state index in [-0.39, 0.29) is 23.7 Å².